The van der Waals surface area contributed by atoms with Crippen molar-refractivity contribution in [3.05, 3.63) is 22.8 Å². The van der Waals surface area contributed by atoms with Gasteiger partial charge in [-0.2, -0.15) is 0 Å². The second-order valence-electron chi connectivity index (χ2n) is 4.72. The van der Waals surface area contributed by atoms with Gasteiger partial charge >= 0.3 is 5.97 Å². The smallest absolute Gasteiger partial charge is 0.337 e. The fourth-order valence-electron chi connectivity index (χ4n) is 2.40. The highest BCUT2D eigenvalue weighted by molar-refractivity contribution is 6.33. The van der Waals surface area contributed by atoms with Crippen LogP contribution in [0.5, 0.6) is 0 Å². The van der Waals surface area contributed by atoms with E-state index >= 15 is 0 Å². The van der Waals surface area contributed by atoms with Crippen molar-refractivity contribution in [2.45, 2.75) is 32.1 Å². The minimum atomic E-state index is -1.03. The molecule has 1 saturated carbocycles. The lowest BCUT2D eigenvalue weighted by Crippen LogP contribution is -2.09. The third-order valence-electron chi connectivity index (χ3n) is 3.42. The van der Waals surface area contributed by atoms with Crippen molar-refractivity contribution in [1.29, 1.82) is 0 Å². The third-order valence-corrected chi connectivity index (χ3v) is 3.72. The molecule has 0 radical (unpaired) electrons. The van der Waals surface area contributed by atoms with Crippen LogP contribution in [0.2, 0.25) is 5.02 Å². The fraction of sp³-hybridized carbons (Fsp3) is 0.538. The van der Waals surface area contributed by atoms with Crippen molar-refractivity contribution >= 4 is 23.4 Å². The van der Waals surface area contributed by atoms with Gasteiger partial charge in [0.05, 0.1) is 10.6 Å². The molecule has 0 bridgehead atoms. The Hall–Kier alpha value is -1.29. The Bertz CT molecular complexity index is 431. The first-order chi connectivity index (χ1) is 8.66. The van der Waals surface area contributed by atoms with Gasteiger partial charge in [0.1, 0.15) is 5.82 Å². The van der Waals surface area contributed by atoms with Crippen LogP contribution in [0.25, 0.3) is 0 Å². The average Bonchev–Trinajstić information content (AvgIpc) is 2.84. The topological polar surface area (TPSA) is 62.2 Å². The summed E-state index contributed by atoms with van der Waals surface area (Å²) < 4.78 is 0. The number of aromatic carboxylic acids is 1. The van der Waals surface area contributed by atoms with Crippen LogP contribution in [0.15, 0.2) is 12.3 Å². The van der Waals surface area contributed by atoms with E-state index in [0.29, 0.717) is 5.82 Å². The molecular weight excluding hydrogens is 252 g/mol. The molecule has 0 saturated heterocycles. The van der Waals surface area contributed by atoms with E-state index < -0.39 is 5.97 Å². The van der Waals surface area contributed by atoms with E-state index in [1.807, 2.05) is 0 Å². The predicted octanol–water partition coefficient (Wildman–Crippen LogP) is 3.43. The van der Waals surface area contributed by atoms with Crippen molar-refractivity contribution < 1.29 is 9.90 Å². The molecule has 1 aliphatic rings. The number of halogens is 1. The predicted molar refractivity (Wildman–Crippen MR) is 71.3 cm³/mol. The summed E-state index contributed by atoms with van der Waals surface area (Å²) in [5, 5.41) is 12.3. The lowest BCUT2D eigenvalue weighted by atomic mass is 10.0. The van der Waals surface area contributed by atoms with Crippen LogP contribution < -0.4 is 5.32 Å². The molecule has 0 aromatic carbocycles. The summed E-state index contributed by atoms with van der Waals surface area (Å²) in [6.45, 7) is 0.832. The number of carbonyl (C=O) groups is 1. The highest BCUT2D eigenvalue weighted by atomic mass is 35.5. The highest BCUT2D eigenvalue weighted by Gasteiger charge is 2.14. The summed E-state index contributed by atoms with van der Waals surface area (Å²) in [4.78, 5) is 15.0. The number of carboxylic acid groups (broad SMARTS) is 1. The van der Waals surface area contributed by atoms with E-state index in [2.05, 4.69) is 10.3 Å². The summed E-state index contributed by atoms with van der Waals surface area (Å²) in [6.07, 6.45) is 7.81. The molecule has 0 spiro atoms. The Balaban J connectivity index is 1.88. The van der Waals surface area contributed by atoms with Crippen LogP contribution >= 0.6 is 11.6 Å². The molecule has 2 N–H and O–H groups in total. The van der Waals surface area contributed by atoms with Crippen LogP contribution in [0.3, 0.4) is 0 Å². The van der Waals surface area contributed by atoms with Gasteiger partial charge in [-0.3, -0.25) is 0 Å². The lowest BCUT2D eigenvalue weighted by Gasteiger charge is -2.10. The van der Waals surface area contributed by atoms with Gasteiger partial charge in [-0.25, -0.2) is 9.78 Å². The van der Waals surface area contributed by atoms with E-state index in [-0.39, 0.29) is 10.6 Å². The van der Waals surface area contributed by atoms with Crippen molar-refractivity contribution in [2.75, 3.05) is 11.9 Å². The van der Waals surface area contributed by atoms with Crippen molar-refractivity contribution in [1.82, 2.24) is 4.98 Å². The number of anilines is 1. The largest absolute Gasteiger partial charge is 0.478 e. The number of pyridine rings is 1. The quantitative estimate of drug-likeness (QED) is 0.859. The van der Waals surface area contributed by atoms with E-state index in [0.717, 1.165) is 18.9 Å². The van der Waals surface area contributed by atoms with Gasteiger partial charge in [-0.1, -0.05) is 37.3 Å². The molecule has 0 unspecified atom stereocenters. The Morgan fingerprint density at radius 2 is 2.22 bits per heavy atom. The lowest BCUT2D eigenvalue weighted by molar-refractivity contribution is 0.0697. The second-order valence-corrected chi connectivity index (χ2v) is 5.13. The average molecular weight is 269 g/mol. The van der Waals surface area contributed by atoms with Crippen LogP contribution in [0.4, 0.5) is 5.82 Å². The molecule has 98 valence electrons. The second kappa shape index (κ2) is 6.05. The Morgan fingerprint density at radius 1 is 1.50 bits per heavy atom. The van der Waals surface area contributed by atoms with E-state index in [9.17, 15) is 4.79 Å². The number of rotatable bonds is 5. The first kappa shape index (κ1) is 13.1. The van der Waals surface area contributed by atoms with Crippen LogP contribution in [-0.2, 0) is 0 Å². The molecule has 0 amide bonds. The van der Waals surface area contributed by atoms with Crippen molar-refractivity contribution in [3.8, 4) is 0 Å². The van der Waals surface area contributed by atoms with E-state index in [1.54, 1.807) is 0 Å². The zero-order chi connectivity index (χ0) is 13.0. The Morgan fingerprint density at radius 3 is 2.89 bits per heavy atom. The minimum Gasteiger partial charge on any atom is -0.478 e. The SMILES string of the molecule is O=C(O)c1cc(NCCC2CCCC2)ncc1Cl. The zero-order valence-corrected chi connectivity index (χ0v) is 10.9. The van der Waals surface area contributed by atoms with Gasteiger partial charge in [0, 0.05) is 12.7 Å². The molecule has 5 heteroatoms. The molecule has 4 nitrogen and oxygen atoms in total. The molecular formula is C13H17ClN2O2. The molecule has 0 aliphatic heterocycles. The number of hydrogen-bond acceptors (Lipinski definition) is 3. The Kier molecular flexibility index (Phi) is 4.42. The number of nitrogens with one attached hydrogen (secondary N) is 1. The maximum absolute atomic E-state index is 10.9. The molecule has 0 atom stereocenters. The van der Waals surface area contributed by atoms with E-state index in [1.165, 1.54) is 37.9 Å². The maximum Gasteiger partial charge on any atom is 0.337 e. The summed E-state index contributed by atoms with van der Waals surface area (Å²) in [5.41, 5.74) is 0.0926. The van der Waals surface area contributed by atoms with Gasteiger partial charge in [0.25, 0.3) is 0 Å². The van der Waals surface area contributed by atoms with Crippen molar-refractivity contribution in [2.24, 2.45) is 5.92 Å². The van der Waals surface area contributed by atoms with Crippen molar-refractivity contribution in [3.63, 3.8) is 0 Å². The highest BCUT2D eigenvalue weighted by Crippen LogP contribution is 2.27. The first-order valence-corrected chi connectivity index (χ1v) is 6.67. The molecule has 2 rings (SSSR count). The maximum atomic E-state index is 10.9. The molecule has 18 heavy (non-hydrogen) atoms. The minimum absolute atomic E-state index is 0.0926. The van der Waals surface area contributed by atoms with Gasteiger partial charge in [-0.05, 0) is 18.4 Å². The summed E-state index contributed by atoms with van der Waals surface area (Å²) in [7, 11) is 0. The zero-order valence-electron chi connectivity index (χ0n) is 10.2. The number of aromatic nitrogens is 1. The summed E-state index contributed by atoms with van der Waals surface area (Å²) >= 11 is 5.76. The standard InChI is InChI=1S/C13H17ClN2O2/c14-11-8-16-12(7-10(11)13(17)18)15-6-5-9-3-1-2-4-9/h7-9H,1-6H2,(H,15,16)(H,17,18). The number of nitrogens with zero attached hydrogens (tertiary/aromatic N) is 1. The van der Waals surface area contributed by atoms with Gasteiger partial charge < -0.3 is 10.4 Å². The van der Waals surface area contributed by atoms with E-state index in [4.69, 9.17) is 16.7 Å². The van der Waals surface area contributed by atoms with Gasteiger partial charge in [-0.15, -0.1) is 0 Å². The monoisotopic (exact) mass is 268 g/mol. The molecule has 1 aliphatic carbocycles. The molecule has 1 aromatic heterocycles. The molecule has 1 fully saturated rings. The number of carboxylic acids is 1. The van der Waals surface area contributed by atoms with Crippen LogP contribution in [-0.4, -0.2) is 22.6 Å². The third kappa shape index (κ3) is 3.35. The number of hydrogen-bond donors (Lipinski definition) is 2. The first-order valence-electron chi connectivity index (χ1n) is 6.29. The fourth-order valence-corrected chi connectivity index (χ4v) is 2.59. The van der Waals surface area contributed by atoms with Crippen LogP contribution in [0, 0.1) is 5.92 Å². The molecule has 1 aromatic rings. The van der Waals surface area contributed by atoms with Gasteiger partial charge in [0.15, 0.2) is 0 Å². The molecule has 1 heterocycles. The van der Waals surface area contributed by atoms with Crippen LogP contribution in [0.1, 0.15) is 42.5 Å². The van der Waals surface area contributed by atoms with Gasteiger partial charge in [0.2, 0.25) is 0 Å². The normalized spacial score (nSPS) is 15.8. The Labute approximate surface area is 111 Å². The summed E-state index contributed by atoms with van der Waals surface area (Å²) in [5.74, 6) is 0.361. The summed E-state index contributed by atoms with van der Waals surface area (Å²) in [6, 6.07) is 1.49.